The van der Waals surface area contributed by atoms with Gasteiger partial charge in [-0.3, -0.25) is 15.0 Å². The first-order valence-corrected chi connectivity index (χ1v) is 20.0. The van der Waals surface area contributed by atoms with Crippen molar-refractivity contribution < 1.29 is 48.1 Å². The Morgan fingerprint density at radius 3 is 2.36 bits per heavy atom. The molecule has 2 N–H and O–H groups in total. The van der Waals surface area contributed by atoms with Crippen LogP contribution in [0.1, 0.15) is 62.0 Å². The van der Waals surface area contributed by atoms with Crippen LogP contribution in [0, 0.1) is 33.7 Å². The number of unbranched alkanes of at least 4 members (excludes halogenated alkanes) is 2. The van der Waals surface area contributed by atoms with E-state index in [2.05, 4.69) is 24.4 Å². The van der Waals surface area contributed by atoms with Gasteiger partial charge < -0.3 is 34.0 Å². The van der Waals surface area contributed by atoms with Crippen molar-refractivity contribution in [1.29, 1.82) is 0 Å². The number of nitro groups is 1. The molecule has 3 aromatic rings. The Labute approximate surface area is 343 Å². The van der Waals surface area contributed by atoms with Gasteiger partial charge in [0.2, 0.25) is 5.79 Å². The van der Waals surface area contributed by atoms with E-state index in [4.69, 9.17) is 23.8 Å². The Balaban J connectivity index is 1.58. The Morgan fingerprint density at radius 2 is 1.69 bits per heavy atom. The normalized spacial score (nSPS) is 23.5. The van der Waals surface area contributed by atoms with Gasteiger partial charge in [-0.25, -0.2) is 9.18 Å². The van der Waals surface area contributed by atoms with Crippen molar-refractivity contribution in [2.24, 2.45) is 22.9 Å². The molecule has 1 aliphatic heterocycles. The summed E-state index contributed by atoms with van der Waals surface area (Å²) in [5, 5.41) is 35.7. The van der Waals surface area contributed by atoms with Crippen molar-refractivity contribution in [3.8, 4) is 17.2 Å². The summed E-state index contributed by atoms with van der Waals surface area (Å²) in [6, 6.07) is 15.7. The van der Waals surface area contributed by atoms with Crippen LogP contribution in [0.2, 0.25) is 0 Å². The third kappa shape index (κ3) is 9.51. The standard InChI is InChI=1S/C45H52FN3O10/c1-4-24-56-35-20-21-40-38(27-35)42-36(11-7-9-23-51)31(10-6-8-22-50)26-37-39(47-55-3)28-41(45(59-40,43(37)42)57-25-5-2)48(29-30-12-14-32(46)15-13-30)44(52)58-34-18-16-33(17-19-34)49(53)54/h4-5,12-21,26-27,31,36,41-43,50-51H,1-2,6-11,22-25,28-29H2,3H3. The van der Waals surface area contributed by atoms with Gasteiger partial charge in [-0.2, -0.15) is 0 Å². The quantitative estimate of drug-likeness (QED) is 0.0492. The van der Waals surface area contributed by atoms with Crippen LogP contribution in [0.5, 0.6) is 17.2 Å². The zero-order valence-corrected chi connectivity index (χ0v) is 33.2. The van der Waals surface area contributed by atoms with Crippen molar-refractivity contribution in [3.05, 3.63) is 131 Å². The monoisotopic (exact) mass is 813 g/mol. The molecule has 0 radical (unpaired) electrons. The van der Waals surface area contributed by atoms with Gasteiger partial charge in [-0.1, -0.05) is 54.9 Å². The van der Waals surface area contributed by atoms with E-state index in [0.29, 0.717) is 35.6 Å². The summed E-state index contributed by atoms with van der Waals surface area (Å²) in [4.78, 5) is 32.6. The molecule has 3 aliphatic rings. The molecule has 1 fully saturated rings. The molecule has 13 nitrogen and oxygen atoms in total. The number of non-ortho nitro benzene ring substituents is 1. The van der Waals surface area contributed by atoms with Crippen LogP contribution in [-0.4, -0.2) is 77.2 Å². The Hall–Kier alpha value is -5.57. The number of oxime groups is 1. The highest BCUT2D eigenvalue weighted by molar-refractivity contribution is 6.03. The molecular formula is C45H52FN3O10. The maximum absolute atomic E-state index is 14.7. The van der Waals surface area contributed by atoms with Gasteiger partial charge in [0.25, 0.3) is 5.69 Å². The lowest BCUT2D eigenvalue weighted by atomic mass is 9.55. The SMILES string of the molecule is C=CCOc1ccc2c(c1)C1C(CCCCO)C(CCCCO)C=C3C(=NOC)CC(N(Cc4ccc(F)cc4)C(=O)Oc4ccc([N+](=O)[O-])cc4)C(OCC=C)(O2)C31. The lowest BCUT2D eigenvalue weighted by molar-refractivity contribution is -0.384. The summed E-state index contributed by atoms with van der Waals surface area (Å²) in [7, 11) is 1.46. The molecular weight excluding hydrogens is 762 g/mol. The Morgan fingerprint density at radius 1 is 1.00 bits per heavy atom. The molecule has 0 bridgehead atoms. The zero-order valence-electron chi connectivity index (χ0n) is 33.2. The summed E-state index contributed by atoms with van der Waals surface area (Å²) in [6.07, 6.45) is 9.09. The number of nitro benzene ring substituents is 1. The average Bonchev–Trinajstić information content (AvgIpc) is 3.24. The smallest absolute Gasteiger partial charge is 0.416 e. The number of rotatable bonds is 20. The molecule has 6 atom stereocenters. The van der Waals surface area contributed by atoms with Crippen LogP contribution in [-0.2, 0) is 16.1 Å². The van der Waals surface area contributed by atoms with E-state index in [1.165, 1.54) is 48.4 Å². The zero-order chi connectivity index (χ0) is 41.9. The van der Waals surface area contributed by atoms with Gasteiger partial charge in [0, 0.05) is 49.8 Å². The average molecular weight is 814 g/mol. The molecule has 1 heterocycles. The minimum Gasteiger partial charge on any atom is -0.490 e. The van der Waals surface area contributed by atoms with Crippen molar-refractivity contribution in [3.63, 3.8) is 0 Å². The molecule has 0 saturated heterocycles. The predicted molar refractivity (Wildman–Crippen MR) is 219 cm³/mol. The third-order valence-corrected chi connectivity index (χ3v) is 11.3. The lowest BCUT2D eigenvalue weighted by Crippen LogP contribution is -2.70. The first-order chi connectivity index (χ1) is 28.7. The number of hydrogen-bond acceptors (Lipinski definition) is 11. The number of hydrogen-bond donors (Lipinski definition) is 2. The molecule has 59 heavy (non-hydrogen) atoms. The highest BCUT2D eigenvalue weighted by Crippen LogP contribution is 2.62. The minimum absolute atomic E-state index is 0.0156. The van der Waals surface area contributed by atoms with Crippen molar-refractivity contribution >= 4 is 17.5 Å². The number of carbonyl (C=O) groups is 1. The molecule has 6 unspecified atom stereocenters. The number of benzene rings is 3. The minimum atomic E-state index is -1.59. The molecule has 0 aromatic heterocycles. The van der Waals surface area contributed by atoms with E-state index in [9.17, 15) is 29.5 Å². The fourth-order valence-corrected chi connectivity index (χ4v) is 8.89. The molecule has 6 rings (SSSR count). The fourth-order valence-electron chi connectivity index (χ4n) is 8.89. The number of ether oxygens (including phenoxy) is 4. The Kier molecular flexibility index (Phi) is 14.5. The van der Waals surface area contributed by atoms with E-state index < -0.39 is 34.6 Å². The highest BCUT2D eigenvalue weighted by Gasteiger charge is 2.65. The number of fused-ring (bicyclic) bond motifs is 2. The second-order valence-corrected chi connectivity index (χ2v) is 14.9. The van der Waals surface area contributed by atoms with Crippen molar-refractivity contribution in [2.75, 3.05) is 33.5 Å². The topological polar surface area (TPSA) is 162 Å². The molecule has 1 amide bonds. The molecule has 2 aliphatic carbocycles. The van der Waals surface area contributed by atoms with Crippen LogP contribution in [0.3, 0.4) is 0 Å². The number of halogens is 1. The molecule has 3 aromatic carbocycles. The maximum Gasteiger partial charge on any atom is 0.416 e. The molecule has 0 spiro atoms. The van der Waals surface area contributed by atoms with E-state index in [0.717, 1.165) is 36.8 Å². The van der Waals surface area contributed by atoms with Gasteiger partial charge in [0.05, 0.1) is 23.2 Å². The van der Waals surface area contributed by atoms with E-state index >= 15 is 0 Å². The van der Waals surface area contributed by atoms with E-state index in [-0.39, 0.29) is 68.6 Å². The van der Waals surface area contributed by atoms with E-state index in [1.807, 2.05) is 18.2 Å². The number of nitrogens with zero attached hydrogens (tertiary/aromatic N) is 3. The fraction of sp³-hybridized carbons (Fsp3) is 0.422. The number of aliphatic hydroxyl groups excluding tert-OH is 2. The largest absolute Gasteiger partial charge is 0.490 e. The summed E-state index contributed by atoms with van der Waals surface area (Å²) in [5.41, 5.74) is 2.72. The first-order valence-electron chi connectivity index (χ1n) is 20.0. The summed E-state index contributed by atoms with van der Waals surface area (Å²) in [5.74, 6) is -1.69. The van der Waals surface area contributed by atoms with Gasteiger partial charge in [-0.15, -0.1) is 6.58 Å². The van der Waals surface area contributed by atoms with Crippen LogP contribution in [0.25, 0.3) is 0 Å². The second-order valence-electron chi connectivity index (χ2n) is 14.9. The van der Waals surface area contributed by atoms with Crippen molar-refractivity contribution in [2.45, 2.75) is 69.2 Å². The van der Waals surface area contributed by atoms with Crippen LogP contribution in [0.15, 0.2) is 109 Å². The van der Waals surface area contributed by atoms with Crippen LogP contribution < -0.4 is 14.2 Å². The van der Waals surface area contributed by atoms with Crippen LogP contribution >= 0.6 is 0 Å². The second kappa shape index (κ2) is 19.9. The highest BCUT2D eigenvalue weighted by atomic mass is 19.1. The summed E-state index contributed by atoms with van der Waals surface area (Å²) >= 11 is 0. The summed E-state index contributed by atoms with van der Waals surface area (Å²) < 4.78 is 40.4. The first kappa shape index (κ1) is 43.0. The van der Waals surface area contributed by atoms with Crippen molar-refractivity contribution in [1.82, 2.24) is 4.90 Å². The predicted octanol–water partition coefficient (Wildman–Crippen LogP) is 8.26. The maximum atomic E-state index is 14.7. The Bertz CT molecular complexity index is 2010. The van der Waals surface area contributed by atoms with Crippen LogP contribution in [0.4, 0.5) is 14.9 Å². The van der Waals surface area contributed by atoms with E-state index in [1.54, 1.807) is 24.3 Å². The molecule has 14 heteroatoms. The molecule has 314 valence electrons. The van der Waals surface area contributed by atoms with Gasteiger partial charge in [0.1, 0.15) is 42.8 Å². The lowest BCUT2D eigenvalue weighted by Gasteiger charge is -2.59. The van der Waals surface area contributed by atoms with Gasteiger partial charge in [-0.05, 0) is 91.1 Å². The van der Waals surface area contributed by atoms with Gasteiger partial charge in [0.15, 0.2) is 0 Å². The number of allylic oxidation sites excluding steroid dienone is 1. The number of amides is 1. The number of carbonyl (C=O) groups excluding carboxylic acids is 1. The third-order valence-electron chi connectivity index (χ3n) is 11.3. The molecule has 1 saturated carbocycles. The summed E-state index contributed by atoms with van der Waals surface area (Å²) in [6.45, 7) is 8.14. The number of aliphatic hydroxyl groups is 2. The van der Waals surface area contributed by atoms with Gasteiger partial charge >= 0.3 is 6.09 Å².